The fourth-order valence-electron chi connectivity index (χ4n) is 2.43. The smallest absolute Gasteiger partial charge is 0.419 e. The molecule has 3 rings (SSSR count). The molecule has 1 atom stereocenters. The van der Waals surface area contributed by atoms with E-state index in [9.17, 15) is 13.2 Å². The second-order valence-electron chi connectivity index (χ2n) is 5.72. The van der Waals surface area contributed by atoms with Crippen molar-refractivity contribution in [2.24, 2.45) is 5.73 Å². The molecule has 132 valence electrons. The molecule has 0 amide bonds. The van der Waals surface area contributed by atoms with Crippen LogP contribution in [-0.4, -0.2) is 10.1 Å². The summed E-state index contributed by atoms with van der Waals surface area (Å²) in [5.74, 6) is 0.199. The van der Waals surface area contributed by atoms with Gasteiger partial charge in [0.25, 0.3) is 5.89 Å². The first-order chi connectivity index (χ1) is 10.8. The molecule has 1 fully saturated rings. The molecule has 1 saturated carbocycles. The molecule has 9 heteroatoms. The number of aromatic nitrogens is 2. The van der Waals surface area contributed by atoms with E-state index >= 15 is 0 Å². The second-order valence-corrected chi connectivity index (χ2v) is 5.72. The zero-order chi connectivity index (χ0) is 16.7. The Morgan fingerprint density at radius 1 is 1.29 bits per heavy atom. The highest BCUT2D eigenvalue weighted by atomic mass is 35.5. The predicted molar refractivity (Wildman–Crippen MR) is 81.7 cm³/mol. The van der Waals surface area contributed by atoms with Crippen LogP contribution in [0.15, 0.2) is 28.8 Å². The Balaban J connectivity index is 0.00000208. The number of hydrogen-bond acceptors (Lipinski definition) is 5. The lowest BCUT2D eigenvalue weighted by Crippen LogP contribution is -2.44. The topological polar surface area (TPSA) is 74.2 Å². The minimum Gasteiger partial charge on any atom is -0.480 e. The predicted octanol–water partition coefficient (Wildman–Crippen LogP) is 3.99. The number of nitrogens with zero attached hydrogens (tertiary/aromatic N) is 2. The third kappa shape index (κ3) is 3.49. The Morgan fingerprint density at radius 3 is 2.54 bits per heavy atom. The molecule has 2 N–H and O–H groups in total. The maximum Gasteiger partial charge on any atom is 0.419 e. The molecule has 1 aromatic heterocycles. The molecule has 1 unspecified atom stereocenters. The zero-order valence-corrected chi connectivity index (χ0v) is 13.7. The van der Waals surface area contributed by atoms with E-state index in [1.165, 1.54) is 18.2 Å². The van der Waals surface area contributed by atoms with Crippen LogP contribution in [0.5, 0.6) is 5.75 Å². The number of alkyl halides is 3. The molecule has 1 aliphatic carbocycles. The lowest BCUT2D eigenvalue weighted by atomic mass is 9.77. The summed E-state index contributed by atoms with van der Waals surface area (Å²) in [4.78, 5) is 4.18. The number of rotatable bonds is 4. The van der Waals surface area contributed by atoms with Crippen LogP contribution in [0.2, 0.25) is 0 Å². The van der Waals surface area contributed by atoms with Gasteiger partial charge in [0.15, 0.2) is 11.9 Å². The van der Waals surface area contributed by atoms with Crippen molar-refractivity contribution in [2.75, 3.05) is 0 Å². The maximum absolute atomic E-state index is 13.0. The summed E-state index contributed by atoms with van der Waals surface area (Å²) in [5, 5.41) is 3.83. The molecule has 1 heterocycles. The summed E-state index contributed by atoms with van der Waals surface area (Å²) in [6.45, 7) is 1.55. The van der Waals surface area contributed by atoms with E-state index in [1.807, 2.05) is 0 Å². The minimum absolute atomic E-state index is 0. The Hall–Kier alpha value is -1.80. The van der Waals surface area contributed by atoms with Crippen molar-refractivity contribution in [1.29, 1.82) is 0 Å². The summed E-state index contributed by atoms with van der Waals surface area (Å²) in [7, 11) is 0. The van der Waals surface area contributed by atoms with Gasteiger partial charge in [-0.1, -0.05) is 17.3 Å². The van der Waals surface area contributed by atoms with Gasteiger partial charge in [-0.05, 0) is 38.3 Å². The van der Waals surface area contributed by atoms with Crippen LogP contribution in [0.1, 0.15) is 49.6 Å². The first-order valence-electron chi connectivity index (χ1n) is 7.25. The number of ether oxygens (including phenoxy) is 1. The fourth-order valence-corrected chi connectivity index (χ4v) is 2.43. The number of para-hydroxylation sites is 1. The van der Waals surface area contributed by atoms with Gasteiger partial charge < -0.3 is 15.0 Å². The van der Waals surface area contributed by atoms with Gasteiger partial charge in [-0.3, -0.25) is 0 Å². The third-order valence-electron chi connectivity index (χ3n) is 3.98. The van der Waals surface area contributed by atoms with E-state index in [0.717, 1.165) is 25.3 Å². The van der Waals surface area contributed by atoms with Crippen LogP contribution < -0.4 is 10.5 Å². The number of nitrogens with two attached hydrogens (primary N) is 1. The van der Waals surface area contributed by atoms with Crippen molar-refractivity contribution in [3.63, 3.8) is 0 Å². The van der Waals surface area contributed by atoms with Gasteiger partial charge in [-0.15, -0.1) is 12.4 Å². The molecule has 5 nitrogen and oxygen atoms in total. The Kier molecular flexibility index (Phi) is 5.10. The van der Waals surface area contributed by atoms with E-state index in [1.54, 1.807) is 6.92 Å². The lowest BCUT2D eigenvalue weighted by molar-refractivity contribution is -0.139. The Morgan fingerprint density at radius 2 is 1.96 bits per heavy atom. The first-order valence-corrected chi connectivity index (χ1v) is 7.25. The van der Waals surface area contributed by atoms with Gasteiger partial charge in [0, 0.05) is 0 Å². The zero-order valence-electron chi connectivity index (χ0n) is 12.8. The van der Waals surface area contributed by atoms with Crippen molar-refractivity contribution in [3.8, 4) is 5.75 Å². The third-order valence-corrected chi connectivity index (χ3v) is 3.98. The quantitative estimate of drug-likeness (QED) is 0.889. The summed E-state index contributed by atoms with van der Waals surface area (Å²) in [6.07, 6.45) is -2.80. The first kappa shape index (κ1) is 18.5. The normalized spacial score (nSPS) is 17.5. The average molecular weight is 364 g/mol. The van der Waals surface area contributed by atoms with E-state index in [4.69, 9.17) is 15.0 Å². The van der Waals surface area contributed by atoms with Gasteiger partial charge >= 0.3 is 6.18 Å². The maximum atomic E-state index is 13.0. The van der Waals surface area contributed by atoms with Crippen molar-refractivity contribution >= 4 is 12.4 Å². The van der Waals surface area contributed by atoms with Crippen LogP contribution in [0.3, 0.4) is 0 Å². The molecule has 24 heavy (non-hydrogen) atoms. The molecule has 0 aliphatic heterocycles. The molecular weight excluding hydrogens is 347 g/mol. The monoisotopic (exact) mass is 363 g/mol. The van der Waals surface area contributed by atoms with Crippen LogP contribution in [0, 0.1) is 0 Å². The number of halogens is 4. The summed E-state index contributed by atoms with van der Waals surface area (Å²) in [5.41, 5.74) is 4.66. The molecule has 1 aliphatic rings. The highest BCUT2D eigenvalue weighted by Crippen LogP contribution is 2.39. The highest BCUT2D eigenvalue weighted by molar-refractivity contribution is 5.85. The van der Waals surface area contributed by atoms with Crippen LogP contribution in [0.25, 0.3) is 0 Å². The SMILES string of the molecule is CC(Oc1ccccc1C(F)(F)F)c1nc(C2(N)CCC2)no1.Cl. The molecular formula is C15H17ClF3N3O2. The number of benzene rings is 1. The van der Waals surface area contributed by atoms with E-state index in [2.05, 4.69) is 10.1 Å². The molecule has 0 spiro atoms. The van der Waals surface area contributed by atoms with Gasteiger partial charge in [0.2, 0.25) is 0 Å². The van der Waals surface area contributed by atoms with E-state index in [-0.39, 0.29) is 24.0 Å². The van der Waals surface area contributed by atoms with Crippen LogP contribution in [-0.2, 0) is 11.7 Å². The van der Waals surface area contributed by atoms with Crippen molar-refractivity contribution in [1.82, 2.24) is 10.1 Å². The van der Waals surface area contributed by atoms with Crippen molar-refractivity contribution in [2.45, 2.75) is 44.0 Å². The van der Waals surface area contributed by atoms with Gasteiger partial charge in [-0.2, -0.15) is 18.2 Å². The molecule has 0 radical (unpaired) electrons. The van der Waals surface area contributed by atoms with Gasteiger partial charge in [-0.25, -0.2) is 0 Å². The fraction of sp³-hybridized carbons (Fsp3) is 0.467. The van der Waals surface area contributed by atoms with E-state index < -0.39 is 23.4 Å². The molecule has 2 aromatic rings. The molecule has 1 aromatic carbocycles. The Bertz CT molecular complexity index is 701. The largest absolute Gasteiger partial charge is 0.480 e. The van der Waals surface area contributed by atoms with Crippen molar-refractivity contribution < 1.29 is 22.4 Å². The van der Waals surface area contributed by atoms with Gasteiger partial charge in [0.1, 0.15) is 5.75 Å². The summed E-state index contributed by atoms with van der Waals surface area (Å²) in [6, 6.07) is 5.00. The molecule has 0 bridgehead atoms. The molecule has 0 saturated heterocycles. The summed E-state index contributed by atoms with van der Waals surface area (Å²) >= 11 is 0. The minimum atomic E-state index is -4.50. The van der Waals surface area contributed by atoms with E-state index in [0.29, 0.717) is 5.82 Å². The van der Waals surface area contributed by atoms with Gasteiger partial charge in [0.05, 0.1) is 11.1 Å². The second kappa shape index (κ2) is 6.60. The van der Waals surface area contributed by atoms with Crippen LogP contribution >= 0.6 is 12.4 Å². The van der Waals surface area contributed by atoms with Crippen LogP contribution in [0.4, 0.5) is 13.2 Å². The highest BCUT2D eigenvalue weighted by Gasteiger charge is 2.40. The Labute approximate surface area is 142 Å². The lowest BCUT2D eigenvalue weighted by Gasteiger charge is -2.34. The summed E-state index contributed by atoms with van der Waals surface area (Å²) < 4.78 is 49.4. The number of hydrogen-bond donors (Lipinski definition) is 1. The average Bonchev–Trinajstić information content (AvgIpc) is 2.94. The van der Waals surface area contributed by atoms with Crippen molar-refractivity contribution in [3.05, 3.63) is 41.5 Å². The standard InChI is InChI=1S/C15H16F3N3O2.ClH/c1-9(12-20-13(21-23-12)14(19)7-4-8-14)22-11-6-3-2-5-10(11)15(16,17)18;/h2-3,5-6,9H,4,7-8,19H2,1H3;1H.